The van der Waals surface area contributed by atoms with Crippen LogP contribution in [0.25, 0.3) is 0 Å². The normalized spacial score (nSPS) is 22.0. The fourth-order valence-corrected chi connectivity index (χ4v) is 1.80. The van der Waals surface area contributed by atoms with Crippen LogP contribution in [0.2, 0.25) is 0 Å². The summed E-state index contributed by atoms with van der Waals surface area (Å²) < 4.78 is 6.51. The number of hydrogen-bond donors (Lipinski definition) is 1. The fourth-order valence-electron chi connectivity index (χ4n) is 1.60. The van der Waals surface area contributed by atoms with Crippen LogP contribution in [-0.4, -0.2) is 54.3 Å². The van der Waals surface area contributed by atoms with Crippen molar-refractivity contribution in [2.24, 2.45) is 0 Å². The fraction of sp³-hybridized carbons (Fsp3) is 0.600. The summed E-state index contributed by atoms with van der Waals surface area (Å²) in [5.41, 5.74) is 0. The van der Waals surface area contributed by atoms with Gasteiger partial charge in [0.2, 0.25) is 5.95 Å². The largest absolute Gasteiger partial charge is 0.374 e. The van der Waals surface area contributed by atoms with Crippen LogP contribution in [0.3, 0.4) is 0 Å². The van der Waals surface area contributed by atoms with Crippen LogP contribution in [-0.2, 0) is 4.74 Å². The summed E-state index contributed by atoms with van der Waals surface area (Å²) in [6.07, 6.45) is 3.66. The average Bonchev–Trinajstić information content (AvgIpc) is 2.28. The molecule has 5 nitrogen and oxygen atoms in total. The number of aromatic nitrogens is 2. The molecule has 0 bridgehead atoms. The summed E-state index contributed by atoms with van der Waals surface area (Å²) >= 11 is 3.30. The van der Waals surface area contributed by atoms with Gasteiger partial charge in [-0.05, 0) is 23.0 Å². The first kappa shape index (κ1) is 11.8. The molecule has 2 heterocycles. The minimum absolute atomic E-state index is 0.214. The molecule has 0 spiro atoms. The Morgan fingerprint density at radius 1 is 1.56 bits per heavy atom. The number of halogens is 1. The molecule has 1 atom stereocenters. The lowest BCUT2D eigenvalue weighted by molar-refractivity contribution is -0.0117. The van der Waals surface area contributed by atoms with Gasteiger partial charge in [0.05, 0.1) is 17.2 Å². The maximum atomic E-state index is 5.62. The van der Waals surface area contributed by atoms with Crippen molar-refractivity contribution in [1.29, 1.82) is 0 Å². The van der Waals surface area contributed by atoms with Crippen LogP contribution < -0.4 is 5.32 Å². The van der Waals surface area contributed by atoms with E-state index in [9.17, 15) is 0 Å². The highest BCUT2D eigenvalue weighted by atomic mass is 79.9. The zero-order valence-corrected chi connectivity index (χ0v) is 10.8. The molecule has 2 rings (SSSR count). The van der Waals surface area contributed by atoms with E-state index in [4.69, 9.17) is 4.74 Å². The van der Waals surface area contributed by atoms with Crippen LogP contribution in [0.4, 0.5) is 5.95 Å². The van der Waals surface area contributed by atoms with Gasteiger partial charge in [0.15, 0.2) is 0 Å². The second-order valence-electron chi connectivity index (χ2n) is 3.86. The molecule has 1 aliphatic heterocycles. The summed E-state index contributed by atoms with van der Waals surface area (Å²) in [7, 11) is 2.10. The number of anilines is 1. The first-order valence-electron chi connectivity index (χ1n) is 5.25. The number of ether oxygens (including phenoxy) is 1. The molecule has 1 aliphatic rings. The molecule has 1 aromatic rings. The minimum Gasteiger partial charge on any atom is -0.374 e. The van der Waals surface area contributed by atoms with Gasteiger partial charge in [0, 0.05) is 32.0 Å². The lowest BCUT2D eigenvalue weighted by atomic mass is 10.3. The van der Waals surface area contributed by atoms with Gasteiger partial charge in [-0.25, -0.2) is 9.97 Å². The maximum absolute atomic E-state index is 5.62. The predicted octanol–water partition coefficient (Wildman–Crippen LogP) is 0.982. The van der Waals surface area contributed by atoms with Crippen molar-refractivity contribution in [2.75, 3.05) is 38.6 Å². The topological polar surface area (TPSA) is 50.3 Å². The summed E-state index contributed by atoms with van der Waals surface area (Å²) in [4.78, 5) is 10.5. The molecule has 1 fully saturated rings. The van der Waals surface area contributed by atoms with Gasteiger partial charge in [-0.3, -0.25) is 0 Å². The highest BCUT2D eigenvalue weighted by Gasteiger charge is 2.17. The van der Waals surface area contributed by atoms with Crippen LogP contribution in [0.15, 0.2) is 16.9 Å². The highest BCUT2D eigenvalue weighted by Crippen LogP contribution is 2.08. The molecule has 1 N–H and O–H groups in total. The monoisotopic (exact) mass is 286 g/mol. The van der Waals surface area contributed by atoms with Gasteiger partial charge < -0.3 is 15.0 Å². The zero-order valence-electron chi connectivity index (χ0n) is 9.19. The standard InChI is InChI=1S/C10H15BrN4O/c1-15-2-3-16-9(7-15)6-14-10-12-4-8(11)5-13-10/h4-5,9H,2-3,6-7H2,1H3,(H,12,13,14). The van der Waals surface area contributed by atoms with E-state index in [2.05, 4.69) is 43.2 Å². The van der Waals surface area contributed by atoms with Gasteiger partial charge in [-0.2, -0.15) is 0 Å². The molecule has 0 amide bonds. The quantitative estimate of drug-likeness (QED) is 0.898. The Bertz CT molecular complexity index is 332. The number of rotatable bonds is 3. The Balaban J connectivity index is 1.80. The average molecular weight is 287 g/mol. The van der Waals surface area contributed by atoms with Gasteiger partial charge in [0.1, 0.15) is 0 Å². The van der Waals surface area contributed by atoms with Crippen molar-refractivity contribution in [1.82, 2.24) is 14.9 Å². The van der Waals surface area contributed by atoms with Crippen molar-refractivity contribution in [3.63, 3.8) is 0 Å². The first-order chi connectivity index (χ1) is 7.74. The van der Waals surface area contributed by atoms with E-state index in [0.29, 0.717) is 5.95 Å². The molecular formula is C10H15BrN4O. The van der Waals surface area contributed by atoms with E-state index in [0.717, 1.165) is 30.7 Å². The van der Waals surface area contributed by atoms with E-state index >= 15 is 0 Å². The van der Waals surface area contributed by atoms with Gasteiger partial charge in [-0.1, -0.05) is 0 Å². The molecular weight excluding hydrogens is 272 g/mol. The lowest BCUT2D eigenvalue weighted by Crippen LogP contribution is -2.43. The van der Waals surface area contributed by atoms with Crippen LogP contribution in [0, 0.1) is 0 Å². The van der Waals surface area contributed by atoms with Crippen molar-refractivity contribution in [3.05, 3.63) is 16.9 Å². The van der Waals surface area contributed by atoms with Crippen LogP contribution >= 0.6 is 15.9 Å². The van der Waals surface area contributed by atoms with E-state index in [1.165, 1.54) is 0 Å². The van der Waals surface area contributed by atoms with Gasteiger partial charge in [0.25, 0.3) is 0 Å². The highest BCUT2D eigenvalue weighted by molar-refractivity contribution is 9.10. The Kier molecular flexibility index (Phi) is 4.09. The number of hydrogen-bond acceptors (Lipinski definition) is 5. The Morgan fingerprint density at radius 3 is 3.00 bits per heavy atom. The van der Waals surface area contributed by atoms with Crippen molar-refractivity contribution in [2.45, 2.75) is 6.10 Å². The van der Waals surface area contributed by atoms with Gasteiger partial charge in [-0.15, -0.1) is 0 Å². The summed E-state index contributed by atoms with van der Waals surface area (Å²) in [6.45, 7) is 3.49. The smallest absolute Gasteiger partial charge is 0.222 e. The summed E-state index contributed by atoms with van der Waals surface area (Å²) in [5, 5.41) is 3.17. The Hall–Kier alpha value is -0.720. The van der Waals surface area contributed by atoms with Crippen molar-refractivity contribution < 1.29 is 4.74 Å². The molecule has 0 aliphatic carbocycles. The predicted molar refractivity (Wildman–Crippen MR) is 65.5 cm³/mol. The second kappa shape index (κ2) is 5.56. The third-order valence-corrected chi connectivity index (χ3v) is 2.86. The summed E-state index contributed by atoms with van der Waals surface area (Å²) in [5.74, 6) is 0.639. The molecule has 0 radical (unpaired) electrons. The third kappa shape index (κ3) is 3.40. The number of nitrogens with zero attached hydrogens (tertiary/aromatic N) is 3. The van der Waals surface area contributed by atoms with E-state index < -0.39 is 0 Å². The Morgan fingerprint density at radius 2 is 2.31 bits per heavy atom. The third-order valence-electron chi connectivity index (χ3n) is 2.45. The Labute approximate surface area is 103 Å². The molecule has 1 unspecified atom stereocenters. The van der Waals surface area contributed by atoms with Crippen LogP contribution in [0.1, 0.15) is 0 Å². The number of morpholine rings is 1. The molecule has 88 valence electrons. The van der Waals surface area contributed by atoms with Crippen molar-refractivity contribution in [3.8, 4) is 0 Å². The molecule has 0 saturated carbocycles. The number of likely N-dealkylation sites (N-methyl/N-ethyl adjacent to an activating group) is 1. The summed E-state index contributed by atoms with van der Waals surface area (Å²) in [6, 6.07) is 0. The van der Waals surface area contributed by atoms with E-state index in [-0.39, 0.29) is 6.10 Å². The second-order valence-corrected chi connectivity index (χ2v) is 4.78. The number of nitrogens with one attached hydrogen (secondary N) is 1. The SMILES string of the molecule is CN1CCOC(CNc2ncc(Br)cn2)C1. The van der Waals surface area contributed by atoms with Crippen molar-refractivity contribution >= 4 is 21.9 Å². The van der Waals surface area contributed by atoms with E-state index in [1.54, 1.807) is 12.4 Å². The zero-order chi connectivity index (χ0) is 11.4. The molecule has 6 heteroatoms. The minimum atomic E-state index is 0.214. The van der Waals surface area contributed by atoms with Crippen LogP contribution in [0.5, 0.6) is 0 Å². The first-order valence-corrected chi connectivity index (χ1v) is 6.05. The lowest BCUT2D eigenvalue weighted by Gasteiger charge is -2.30. The molecule has 1 saturated heterocycles. The molecule has 1 aromatic heterocycles. The van der Waals surface area contributed by atoms with Gasteiger partial charge >= 0.3 is 0 Å². The molecule has 16 heavy (non-hydrogen) atoms. The maximum Gasteiger partial charge on any atom is 0.222 e. The molecule has 0 aromatic carbocycles. The van der Waals surface area contributed by atoms with E-state index in [1.807, 2.05) is 0 Å².